The lowest BCUT2D eigenvalue weighted by atomic mass is 10.1. The molecule has 13 rings (SSSR count). The van der Waals surface area contributed by atoms with Gasteiger partial charge in [0, 0.05) is 92.8 Å². The van der Waals surface area contributed by atoms with Crippen molar-refractivity contribution in [3.05, 3.63) is 170 Å². The van der Waals surface area contributed by atoms with Gasteiger partial charge in [0.15, 0.2) is 11.6 Å². The van der Waals surface area contributed by atoms with E-state index < -0.39 is 0 Å². The van der Waals surface area contributed by atoms with E-state index in [4.69, 9.17) is 15.0 Å². The second-order valence-electron chi connectivity index (χ2n) is 14.8. The molecule has 0 atom stereocenters. The Bertz CT molecular complexity index is 3700. The molecule has 5 heterocycles. The van der Waals surface area contributed by atoms with Crippen LogP contribution in [0.5, 0.6) is 0 Å². The Morgan fingerprint density at radius 3 is 1.29 bits per heavy atom. The molecule has 0 spiro atoms. The Morgan fingerprint density at radius 2 is 0.746 bits per heavy atom. The molecule has 0 bridgehead atoms. The average Bonchev–Trinajstić information content (AvgIpc) is 4.06. The van der Waals surface area contributed by atoms with Gasteiger partial charge in [-0.25, -0.2) is 4.98 Å². The fourth-order valence-electron chi connectivity index (χ4n) is 8.58. The van der Waals surface area contributed by atoms with Crippen LogP contribution in [0.2, 0.25) is 0 Å². The van der Waals surface area contributed by atoms with Crippen LogP contribution in [0.15, 0.2) is 170 Å². The minimum Gasteiger partial charge on any atom is -0.278 e. The maximum absolute atomic E-state index is 5.46. The van der Waals surface area contributed by atoms with Crippen molar-refractivity contribution < 1.29 is 0 Å². The zero-order chi connectivity index (χ0) is 38.6. The molecule has 0 saturated carbocycles. The second-order valence-corrected chi connectivity index (χ2v) is 19.1. The highest BCUT2D eigenvalue weighted by atomic mass is 32.1. The Kier molecular flexibility index (Phi) is 7.35. The summed E-state index contributed by atoms with van der Waals surface area (Å²) in [5.74, 6) is 1.83. The highest BCUT2D eigenvalue weighted by Crippen LogP contribution is 2.46. The van der Waals surface area contributed by atoms with Crippen LogP contribution >= 0.6 is 45.3 Å². The fourth-order valence-corrected chi connectivity index (χ4v) is 13.0. The van der Waals surface area contributed by atoms with Crippen LogP contribution in [0.25, 0.3) is 103 Å². The Morgan fingerprint density at radius 1 is 0.322 bits per heavy atom. The molecule has 0 unspecified atom stereocenters. The van der Waals surface area contributed by atoms with Crippen molar-refractivity contribution in [1.82, 2.24) is 15.0 Å². The first-order valence-electron chi connectivity index (χ1n) is 19.4. The number of benzene rings is 8. The third-order valence-electron chi connectivity index (χ3n) is 11.3. The summed E-state index contributed by atoms with van der Waals surface area (Å²) in [6.45, 7) is 0. The maximum atomic E-state index is 5.46. The van der Waals surface area contributed by atoms with Gasteiger partial charge in [0.1, 0.15) is 0 Å². The lowest BCUT2D eigenvalue weighted by Crippen LogP contribution is -2.15. The lowest BCUT2D eigenvalue weighted by Gasteiger charge is -2.25. The molecule has 0 radical (unpaired) electrons. The highest BCUT2D eigenvalue weighted by molar-refractivity contribution is 7.27. The van der Waals surface area contributed by atoms with E-state index in [-0.39, 0.29) is 0 Å². The fraction of sp³-hybridized carbons (Fsp3) is 0. The van der Waals surface area contributed by atoms with Crippen LogP contribution in [0.1, 0.15) is 0 Å². The third kappa shape index (κ3) is 5.27. The van der Waals surface area contributed by atoms with Crippen molar-refractivity contribution in [3.8, 4) is 22.8 Å². The number of fused-ring (bicyclic) bond motifs is 12. The molecule has 0 fully saturated rings. The predicted octanol–water partition coefficient (Wildman–Crippen LogP) is 16.1. The van der Waals surface area contributed by atoms with Crippen molar-refractivity contribution >= 4 is 143 Å². The quantitative estimate of drug-likeness (QED) is 0.173. The van der Waals surface area contributed by atoms with Crippen molar-refractivity contribution in [3.63, 3.8) is 0 Å². The van der Waals surface area contributed by atoms with Crippen molar-refractivity contribution in [2.75, 3.05) is 4.90 Å². The SMILES string of the molecule is c1ccc2c(c1)sc1ccc(-c3nc(-c4ccc5sc6ccccc6c5c4)nc(N(c4ccc5sc6ccccc6c5c4)c4cccc5c4sc4ccccc45)n3)cc12. The van der Waals surface area contributed by atoms with Crippen LogP contribution in [0, 0.1) is 0 Å². The van der Waals surface area contributed by atoms with Crippen LogP contribution < -0.4 is 4.90 Å². The molecule has 0 amide bonds. The van der Waals surface area contributed by atoms with Crippen LogP contribution in [-0.4, -0.2) is 15.0 Å². The first-order valence-corrected chi connectivity index (χ1v) is 22.7. The summed E-state index contributed by atoms with van der Waals surface area (Å²) >= 11 is 7.28. The van der Waals surface area contributed by atoms with E-state index in [0.29, 0.717) is 17.6 Å². The van der Waals surface area contributed by atoms with E-state index in [1.807, 2.05) is 45.3 Å². The molecule has 0 saturated heterocycles. The predicted molar refractivity (Wildman–Crippen MR) is 257 cm³/mol. The van der Waals surface area contributed by atoms with Crippen molar-refractivity contribution in [1.29, 1.82) is 0 Å². The van der Waals surface area contributed by atoms with Gasteiger partial charge in [0.05, 0.1) is 10.4 Å². The van der Waals surface area contributed by atoms with Gasteiger partial charge in [0.2, 0.25) is 5.95 Å². The number of rotatable bonds is 5. The average molecular weight is 825 g/mol. The summed E-state index contributed by atoms with van der Waals surface area (Å²) in [5, 5.41) is 9.84. The van der Waals surface area contributed by atoms with Crippen LogP contribution in [0.3, 0.4) is 0 Å². The van der Waals surface area contributed by atoms with E-state index in [2.05, 4.69) is 175 Å². The molecule has 0 aliphatic heterocycles. The first-order chi connectivity index (χ1) is 29.2. The monoisotopic (exact) mass is 824 g/mol. The minimum absolute atomic E-state index is 0.569. The topological polar surface area (TPSA) is 41.9 Å². The molecule has 59 heavy (non-hydrogen) atoms. The molecule has 0 aliphatic carbocycles. The normalized spacial score (nSPS) is 12.1. The molecular formula is C51H28N4S4. The smallest absolute Gasteiger partial charge is 0.238 e. The number of aromatic nitrogens is 3. The molecule has 0 aliphatic rings. The minimum atomic E-state index is 0.569. The molecule has 5 aromatic heterocycles. The largest absolute Gasteiger partial charge is 0.278 e. The second kappa shape index (κ2) is 13.0. The van der Waals surface area contributed by atoms with Gasteiger partial charge < -0.3 is 0 Å². The molecule has 276 valence electrons. The lowest BCUT2D eigenvalue weighted by molar-refractivity contribution is 1.03. The standard InChI is InChI=1S/C51H28N4S4/c1-8-19-44-32(10-1)36-14-9-15-40(48(36)59-44)55(31-22-25-47-39(28-31)35-13-4-7-18-43(35)58-47)51-53-49(29-20-23-45-37(26-29)33-11-2-5-16-41(33)56-45)52-50(54-51)30-21-24-46-38(27-30)34-12-3-6-17-42(34)57-46/h1-28H. The van der Waals surface area contributed by atoms with Crippen molar-refractivity contribution in [2.24, 2.45) is 0 Å². The Hall–Kier alpha value is -6.55. The third-order valence-corrected chi connectivity index (χ3v) is 16.0. The van der Waals surface area contributed by atoms with E-state index in [9.17, 15) is 0 Å². The van der Waals surface area contributed by atoms with Gasteiger partial charge in [-0.05, 0) is 84.9 Å². The molecule has 13 aromatic rings. The summed E-state index contributed by atoms with van der Waals surface area (Å²) in [6, 6.07) is 61.3. The zero-order valence-corrected chi connectivity index (χ0v) is 34.4. The number of nitrogens with zero attached hydrogens (tertiary/aromatic N) is 4. The van der Waals surface area contributed by atoms with Crippen LogP contribution in [-0.2, 0) is 0 Å². The first kappa shape index (κ1) is 33.4. The van der Waals surface area contributed by atoms with E-state index in [0.717, 1.165) is 22.5 Å². The molecule has 0 N–H and O–H groups in total. The van der Waals surface area contributed by atoms with Gasteiger partial charge in [-0.15, -0.1) is 45.3 Å². The molecule has 8 aromatic carbocycles. The van der Waals surface area contributed by atoms with Crippen molar-refractivity contribution in [2.45, 2.75) is 0 Å². The summed E-state index contributed by atoms with van der Waals surface area (Å²) in [6.07, 6.45) is 0. The van der Waals surface area contributed by atoms with Gasteiger partial charge in [-0.1, -0.05) is 84.9 Å². The summed E-state index contributed by atoms with van der Waals surface area (Å²) < 4.78 is 9.99. The summed E-state index contributed by atoms with van der Waals surface area (Å²) in [5.41, 5.74) is 3.93. The summed E-state index contributed by atoms with van der Waals surface area (Å²) in [7, 11) is 0. The van der Waals surface area contributed by atoms with Gasteiger partial charge >= 0.3 is 0 Å². The van der Waals surface area contributed by atoms with Crippen LogP contribution in [0.4, 0.5) is 17.3 Å². The number of anilines is 3. The summed E-state index contributed by atoms with van der Waals surface area (Å²) in [4.78, 5) is 18.5. The molecular weight excluding hydrogens is 797 g/mol. The van der Waals surface area contributed by atoms with Gasteiger partial charge in [-0.2, -0.15) is 9.97 Å². The Labute approximate surface area is 353 Å². The maximum Gasteiger partial charge on any atom is 0.238 e. The highest BCUT2D eigenvalue weighted by Gasteiger charge is 2.24. The number of thiophene rings is 4. The zero-order valence-electron chi connectivity index (χ0n) is 31.1. The molecule has 4 nitrogen and oxygen atoms in total. The van der Waals surface area contributed by atoms with Gasteiger partial charge in [0.25, 0.3) is 0 Å². The number of hydrogen-bond donors (Lipinski definition) is 0. The van der Waals surface area contributed by atoms with E-state index >= 15 is 0 Å². The number of hydrogen-bond acceptors (Lipinski definition) is 8. The Balaban J connectivity index is 1.10. The van der Waals surface area contributed by atoms with E-state index in [1.165, 1.54) is 80.7 Å². The molecule has 8 heteroatoms. The van der Waals surface area contributed by atoms with E-state index in [1.54, 1.807) is 0 Å². The van der Waals surface area contributed by atoms with Gasteiger partial charge in [-0.3, -0.25) is 4.90 Å².